The van der Waals surface area contributed by atoms with Gasteiger partial charge in [0.25, 0.3) is 0 Å². The van der Waals surface area contributed by atoms with Gasteiger partial charge in [-0.1, -0.05) is 24.3 Å². The lowest BCUT2D eigenvalue weighted by Crippen LogP contribution is -2.28. The normalized spacial score (nSPS) is 16.6. The zero-order valence-corrected chi connectivity index (χ0v) is 15.4. The van der Waals surface area contributed by atoms with Crippen LogP contribution < -0.4 is 10.1 Å². The summed E-state index contributed by atoms with van der Waals surface area (Å²) in [5.74, 6) is 1.60. The maximum Gasteiger partial charge on any atom is 0.240 e. The van der Waals surface area contributed by atoms with Crippen molar-refractivity contribution in [3.05, 3.63) is 59.9 Å². The molecule has 0 bridgehead atoms. The van der Waals surface area contributed by atoms with Crippen LogP contribution in [-0.2, 0) is 22.6 Å². The molecule has 1 atom stereocenters. The first kappa shape index (κ1) is 17.5. The number of hydrogen-bond acceptors (Lipinski definition) is 4. The van der Waals surface area contributed by atoms with E-state index in [1.54, 1.807) is 7.11 Å². The molecule has 0 spiro atoms. The molecule has 1 unspecified atom stereocenters. The SMILES string of the molecule is COc1ccc(CNC(=O)Cn2c(C3CCCO3)nc3ccccc32)cc1. The quantitative estimate of drug-likeness (QED) is 0.728. The van der Waals surface area contributed by atoms with Crippen LogP contribution in [0.5, 0.6) is 5.75 Å². The van der Waals surface area contributed by atoms with E-state index in [0.717, 1.165) is 47.6 Å². The van der Waals surface area contributed by atoms with Crippen molar-refractivity contribution in [2.24, 2.45) is 0 Å². The van der Waals surface area contributed by atoms with E-state index in [1.165, 1.54) is 0 Å². The third kappa shape index (κ3) is 3.80. The molecule has 1 saturated heterocycles. The number of aromatic nitrogens is 2. The standard InChI is InChI=1S/C21H23N3O3/c1-26-16-10-8-15(9-11-16)13-22-20(25)14-24-18-6-3-2-5-17(18)23-21(24)19-7-4-12-27-19/h2-3,5-6,8-11,19H,4,7,12-14H2,1H3,(H,22,25). The summed E-state index contributed by atoms with van der Waals surface area (Å²) in [6.45, 7) is 1.45. The number of nitrogens with one attached hydrogen (secondary N) is 1. The lowest BCUT2D eigenvalue weighted by Gasteiger charge is -2.13. The maximum absolute atomic E-state index is 12.6. The summed E-state index contributed by atoms with van der Waals surface area (Å²) >= 11 is 0. The molecule has 3 aromatic rings. The predicted molar refractivity (Wildman–Crippen MR) is 103 cm³/mol. The number of hydrogen-bond donors (Lipinski definition) is 1. The number of nitrogens with zero attached hydrogens (tertiary/aromatic N) is 2. The molecule has 6 heteroatoms. The Bertz CT molecular complexity index is 927. The van der Waals surface area contributed by atoms with Crippen LogP contribution in [0.3, 0.4) is 0 Å². The molecule has 27 heavy (non-hydrogen) atoms. The molecule has 1 aromatic heterocycles. The lowest BCUT2D eigenvalue weighted by molar-refractivity contribution is -0.121. The van der Waals surface area contributed by atoms with E-state index in [0.29, 0.717) is 6.54 Å². The van der Waals surface area contributed by atoms with E-state index >= 15 is 0 Å². The summed E-state index contributed by atoms with van der Waals surface area (Å²) in [6, 6.07) is 15.6. The van der Waals surface area contributed by atoms with Gasteiger partial charge in [0.05, 0.1) is 18.1 Å². The van der Waals surface area contributed by atoms with Crippen LogP contribution in [0.1, 0.15) is 30.3 Å². The van der Waals surface area contributed by atoms with Gasteiger partial charge in [-0.05, 0) is 42.7 Å². The van der Waals surface area contributed by atoms with Crippen molar-refractivity contribution in [3.8, 4) is 5.75 Å². The number of amides is 1. The largest absolute Gasteiger partial charge is 0.497 e. The van der Waals surface area contributed by atoms with Gasteiger partial charge in [0.15, 0.2) is 0 Å². The van der Waals surface area contributed by atoms with Gasteiger partial charge < -0.3 is 19.4 Å². The van der Waals surface area contributed by atoms with E-state index in [4.69, 9.17) is 14.5 Å². The number of rotatable bonds is 6. The van der Waals surface area contributed by atoms with Gasteiger partial charge in [0.1, 0.15) is 24.2 Å². The number of ether oxygens (including phenoxy) is 2. The molecule has 2 aromatic carbocycles. The lowest BCUT2D eigenvalue weighted by atomic mass is 10.2. The summed E-state index contributed by atoms with van der Waals surface area (Å²) in [6.07, 6.45) is 1.93. The highest BCUT2D eigenvalue weighted by atomic mass is 16.5. The highest BCUT2D eigenvalue weighted by Crippen LogP contribution is 2.30. The van der Waals surface area contributed by atoms with E-state index in [9.17, 15) is 4.79 Å². The molecule has 1 aliphatic rings. The minimum atomic E-state index is -0.0479. The molecule has 1 N–H and O–H groups in total. The van der Waals surface area contributed by atoms with Crippen molar-refractivity contribution in [3.63, 3.8) is 0 Å². The molecular formula is C21H23N3O3. The van der Waals surface area contributed by atoms with Crippen molar-refractivity contribution >= 4 is 16.9 Å². The smallest absolute Gasteiger partial charge is 0.240 e. The third-order valence-corrected chi connectivity index (χ3v) is 4.85. The molecule has 0 radical (unpaired) electrons. The molecule has 2 heterocycles. The van der Waals surface area contributed by atoms with Gasteiger partial charge in [-0.3, -0.25) is 4.79 Å². The Kier molecular flexibility index (Phi) is 5.07. The minimum Gasteiger partial charge on any atom is -0.497 e. The first-order valence-electron chi connectivity index (χ1n) is 9.21. The molecular weight excluding hydrogens is 342 g/mol. The van der Waals surface area contributed by atoms with E-state index in [1.807, 2.05) is 53.1 Å². The van der Waals surface area contributed by atoms with Crippen molar-refractivity contribution in [2.75, 3.05) is 13.7 Å². The van der Waals surface area contributed by atoms with Crippen LogP contribution in [0.4, 0.5) is 0 Å². The fraction of sp³-hybridized carbons (Fsp3) is 0.333. The third-order valence-electron chi connectivity index (χ3n) is 4.85. The first-order chi connectivity index (χ1) is 13.2. The Morgan fingerprint density at radius 1 is 1.26 bits per heavy atom. The monoisotopic (exact) mass is 365 g/mol. The molecule has 0 aliphatic carbocycles. The second kappa shape index (κ2) is 7.80. The van der Waals surface area contributed by atoms with Gasteiger partial charge >= 0.3 is 0 Å². The van der Waals surface area contributed by atoms with E-state index in [-0.39, 0.29) is 18.6 Å². The van der Waals surface area contributed by atoms with Crippen molar-refractivity contribution in [2.45, 2.75) is 32.0 Å². The molecule has 6 nitrogen and oxygen atoms in total. The van der Waals surface area contributed by atoms with Crippen LogP contribution in [0.25, 0.3) is 11.0 Å². The van der Waals surface area contributed by atoms with Gasteiger partial charge in [-0.15, -0.1) is 0 Å². The zero-order valence-electron chi connectivity index (χ0n) is 15.4. The zero-order chi connectivity index (χ0) is 18.6. The second-order valence-corrected chi connectivity index (χ2v) is 6.67. The summed E-state index contributed by atoms with van der Waals surface area (Å²) in [5.41, 5.74) is 2.88. The topological polar surface area (TPSA) is 65.4 Å². The molecule has 140 valence electrons. The fourth-order valence-electron chi connectivity index (χ4n) is 3.43. The molecule has 4 rings (SSSR count). The summed E-state index contributed by atoms with van der Waals surface area (Å²) < 4.78 is 13.0. The van der Waals surface area contributed by atoms with Crippen molar-refractivity contribution in [1.82, 2.24) is 14.9 Å². The van der Waals surface area contributed by atoms with Gasteiger partial charge in [0, 0.05) is 13.2 Å². The highest BCUT2D eigenvalue weighted by molar-refractivity contribution is 5.81. The average Bonchev–Trinajstić information content (AvgIpc) is 3.35. The Morgan fingerprint density at radius 3 is 2.81 bits per heavy atom. The van der Waals surface area contributed by atoms with Crippen molar-refractivity contribution < 1.29 is 14.3 Å². The number of fused-ring (bicyclic) bond motifs is 1. The minimum absolute atomic E-state index is 0.0354. The Labute approximate surface area is 158 Å². The fourth-order valence-corrected chi connectivity index (χ4v) is 3.43. The number of methoxy groups -OCH3 is 1. The predicted octanol–water partition coefficient (Wildman–Crippen LogP) is 3.21. The Balaban J connectivity index is 1.49. The van der Waals surface area contributed by atoms with Crippen LogP contribution in [0, 0.1) is 0 Å². The number of para-hydroxylation sites is 2. The Morgan fingerprint density at radius 2 is 2.07 bits per heavy atom. The highest BCUT2D eigenvalue weighted by Gasteiger charge is 2.25. The molecule has 0 saturated carbocycles. The molecule has 1 amide bonds. The molecule has 1 aliphatic heterocycles. The average molecular weight is 365 g/mol. The van der Waals surface area contributed by atoms with Gasteiger partial charge in [-0.2, -0.15) is 0 Å². The summed E-state index contributed by atoms with van der Waals surface area (Å²) in [4.78, 5) is 17.3. The summed E-state index contributed by atoms with van der Waals surface area (Å²) in [7, 11) is 1.64. The Hall–Kier alpha value is -2.86. The van der Waals surface area contributed by atoms with Crippen LogP contribution in [-0.4, -0.2) is 29.2 Å². The van der Waals surface area contributed by atoms with Gasteiger partial charge in [-0.25, -0.2) is 4.98 Å². The first-order valence-corrected chi connectivity index (χ1v) is 9.21. The number of benzene rings is 2. The van der Waals surface area contributed by atoms with Gasteiger partial charge in [0.2, 0.25) is 5.91 Å². The van der Waals surface area contributed by atoms with Crippen LogP contribution in [0.2, 0.25) is 0 Å². The van der Waals surface area contributed by atoms with E-state index in [2.05, 4.69) is 5.32 Å². The summed E-state index contributed by atoms with van der Waals surface area (Å²) in [5, 5.41) is 2.99. The maximum atomic E-state index is 12.6. The van der Waals surface area contributed by atoms with Crippen LogP contribution >= 0.6 is 0 Å². The number of carbonyl (C=O) groups excluding carboxylic acids is 1. The number of imidazole rings is 1. The van der Waals surface area contributed by atoms with Crippen molar-refractivity contribution in [1.29, 1.82) is 0 Å². The van der Waals surface area contributed by atoms with E-state index < -0.39 is 0 Å². The molecule has 1 fully saturated rings. The van der Waals surface area contributed by atoms with Crippen LogP contribution in [0.15, 0.2) is 48.5 Å². The number of carbonyl (C=O) groups is 1. The second-order valence-electron chi connectivity index (χ2n) is 6.67.